The van der Waals surface area contributed by atoms with Crippen LogP contribution in [0.3, 0.4) is 0 Å². The molecule has 0 unspecified atom stereocenters. The predicted octanol–water partition coefficient (Wildman–Crippen LogP) is 3.56. The Hall–Kier alpha value is -3.30. The molecule has 1 aliphatic rings. The summed E-state index contributed by atoms with van der Waals surface area (Å²) in [6.45, 7) is 1.06. The van der Waals surface area contributed by atoms with Crippen LogP contribution < -0.4 is 10.6 Å². The Balaban J connectivity index is 1.51. The largest absolute Gasteiger partial charge is 0.410 e. The maximum atomic E-state index is 13.7. The van der Waals surface area contributed by atoms with Gasteiger partial charge in [-0.25, -0.2) is 9.67 Å². The second-order valence-electron chi connectivity index (χ2n) is 7.16. The zero-order valence-electron chi connectivity index (χ0n) is 16.0. The number of halogens is 3. The van der Waals surface area contributed by atoms with Crippen molar-refractivity contribution in [2.24, 2.45) is 0 Å². The van der Waals surface area contributed by atoms with Crippen molar-refractivity contribution in [2.45, 2.75) is 37.6 Å². The highest BCUT2D eigenvalue weighted by Gasteiger charge is 2.47. The number of imidazole rings is 1. The number of carbonyl (C=O) groups excluding carboxylic acids is 1. The fourth-order valence-electron chi connectivity index (χ4n) is 3.61. The molecule has 10 heteroatoms. The molecular formula is C20H21F3N6O. The number of aryl methyl sites for hydroxylation is 1. The SMILES string of the molecule is O=C(NCCCn1ccnc1)c1cnn2c1N[C@H](c1ccccc1)C[C@@H]2C(F)(F)F. The van der Waals surface area contributed by atoms with E-state index in [-0.39, 0.29) is 17.8 Å². The second kappa shape index (κ2) is 8.21. The van der Waals surface area contributed by atoms with E-state index in [4.69, 9.17) is 0 Å². The van der Waals surface area contributed by atoms with Gasteiger partial charge in [0.1, 0.15) is 11.4 Å². The van der Waals surface area contributed by atoms with Crippen LogP contribution in [0.25, 0.3) is 0 Å². The lowest BCUT2D eigenvalue weighted by atomic mass is 9.96. The summed E-state index contributed by atoms with van der Waals surface area (Å²) in [6.07, 6.45) is 2.35. The van der Waals surface area contributed by atoms with Crippen LogP contribution in [0.2, 0.25) is 0 Å². The Kier molecular flexibility index (Phi) is 5.47. The van der Waals surface area contributed by atoms with Gasteiger partial charge in [0.05, 0.1) is 18.6 Å². The second-order valence-corrected chi connectivity index (χ2v) is 7.16. The van der Waals surface area contributed by atoms with E-state index in [0.717, 1.165) is 10.2 Å². The minimum atomic E-state index is -4.48. The summed E-state index contributed by atoms with van der Waals surface area (Å²) in [5.41, 5.74) is 0.832. The van der Waals surface area contributed by atoms with Crippen LogP contribution in [0.5, 0.6) is 0 Å². The highest BCUT2D eigenvalue weighted by molar-refractivity contribution is 5.98. The minimum Gasteiger partial charge on any atom is -0.363 e. The highest BCUT2D eigenvalue weighted by Crippen LogP contribution is 2.44. The number of nitrogens with zero attached hydrogens (tertiary/aromatic N) is 4. The molecular weight excluding hydrogens is 397 g/mol. The van der Waals surface area contributed by atoms with Gasteiger partial charge < -0.3 is 15.2 Å². The topological polar surface area (TPSA) is 76.8 Å². The summed E-state index contributed by atoms with van der Waals surface area (Å²) in [6, 6.07) is 6.52. The fourth-order valence-corrected chi connectivity index (χ4v) is 3.61. The van der Waals surface area contributed by atoms with Crippen LogP contribution in [-0.2, 0) is 6.54 Å². The van der Waals surface area contributed by atoms with E-state index in [1.807, 2.05) is 10.8 Å². The van der Waals surface area contributed by atoms with E-state index in [1.54, 1.807) is 42.9 Å². The van der Waals surface area contributed by atoms with E-state index in [9.17, 15) is 18.0 Å². The van der Waals surface area contributed by atoms with Crippen molar-refractivity contribution in [3.8, 4) is 0 Å². The molecule has 1 aromatic carbocycles. The van der Waals surface area contributed by atoms with E-state index < -0.39 is 24.2 Å². The highest BCUT2D eigenvalue weighted by atomic mass is 19.4. The molecule has 1 aliphatic heterocycles. The quantitative estimate of drug-likeness (QED) is 0.600. The fraction of sp³-hybridized carbons (Fsp3) is 0.350. The third kappa shape index (κ3) is 4.17. The molecule has 0 saturated carbocycles. The zero-order valence-corrected chi connectivity index (χ0v) is 16.0. The molecule has 158 valence electrons. The van der Waals surface area contributed by atoms with Crippen LogP contribution in [0.15, 0.2) is 55.2 Å². The monoisotopic (exact) mass is 418 g/mol. The van der Waals surface area contributed by atoms with Crippen molar-refractivity contribution in [1.82, 2.24) is 24.6 Å². The standard InChI is InChI=1S/C20H21F3N6O/c21-20(22,23)17-11-16(14-5-2-1-3-6-14)27-18-15(12-26-29(17)18)19(30)25-7-4-9-28-10-8-24-13-28/h1-3,5-6,8,10,12-13,16-17,27H,4,7,9,11H2,(H,25,30)/t16-,17+/m0/s1. The maximum Gasteiger partial charge on any atom is 0.410 e. The molecule has 7 nitrogen and oxygen atoms in total. The van der Waals surface area contributed by atoms with E-state index >= 15 is 0 Å². The average Bonchev–Trinajstić information content (AvgIpc) is 3.40. The summed E-state index contributed by atoms with van der Waals surface area (Å²) >= 11 is 0. The lowest BCUT2D eigenvalue weighted by Crippen LogP contribution is -2.36. The van der Waals surface area contributed by atoms with Gasteiger partial charge in [-0.15, -0.1) is 0 Å². The lowest BCUT2D eigenvalue weighted by molar-refractivity contribution is -0.173. The van der Waals surface area contributed by atoms with Crippen molar-refractivity contribution in [3.05, 3.63) is 66.4 Å². The summed E-state index contributed by atoms with van der Waals surface area (Å²) < 4.78 is 43.9. The summed E-state index contributed by atoms with van der Waals surface area (Å²) in [7, 11) is 0. The molecule has 1 amide bonds. The van der Waals surface area contributed by atoms with Crippen LogP contribution in [0.4, 0.5) is 19.0 Å². The van der Waals surface area contributed by atoms with E-state index in [0.29, 0.717) is 19.5 Å². The number of rotatable bonds is 6. The number of fused-ring (bicyclic) bond motifs is 1. The molecule has 0 aliphatic carbocycles. The Morgan fingerprint density at radius 2 is 2.07 bits per heavy atom. The van der Waals surface area contributed by atoms with Crippen LogP contribution in [-0.4, -0.2) is 38.0 Å². The number of nitrogens with one attached hydrogen (secondary N) is 2. The normalized spacial score (nSPS) is 18.5. The lowest BCUT2D eigenvalue weighted by Gasteiger charge is -2.34. The molecule has 0 spiro atoms. The molecule has 2 N–H and O–H groups in total. The van der Waals surface area contributed by atoms with Gasteiger partial charge in [0.15, 0.2) is 6.04 Å². The number of anilines is 1. The van der Waals surface area contributed by atoms with Crippen LogP contribution in [0.1, 0.15) is 40.8 Å². The summed E-state index contributed by atoms with van der Waals surface area (Å²) in [5.74, 6) is -0.367. The third-order valence-corrected chi connectivity index (χ3v) is 5.12. The first-order valence-electron chi connectivity index (χ1n) is 9.63. The summed E-state index contributed by atoms with van der Waals surface area (Å²) in [4.78, 5) is 16.6. The Morgan fingerprint density at radius 3 is 2.77 bits per heavy atom. The first-order valence-corrected chi connectivity index (χ1v) is 9.63. The van der Waals surface area contributed by atoms with Crippen molar-refractivity contribution >= 4 is 11.7 Å². The predicted molar refractivity (Wildman–Crippen MR) is 104 cm³/mol. The molecule has 4 rings (SSSR count). The number of benzene rings is 1. The molecule has 2 atom stereocenters. The summed E-state index contributed by atoms with van der Waals surface area (Å²) in [5, 5.41) is 9.73. The first-order chi connectivity index (χ1) is 14.4. The van der Waals surface area contributed by atoms with Gasteiger partial charge in [-0.1, -0.05) is 30.3 Å². The smallest absolute Gasteiger partial charge is 0.363 e. The minimum absolute atomic E-state index is 0.0875. The van der Waals surface area contributed by atoms with Gasteiger partial charge in [0, 0.05) is 31.9 Å². The molecule has 30 heavy (non-hydrogen) atoms. The van der Waals surface area contributed by atoms with E-state index in [1.165, 1.54) is 6.20 Å². The van der Waals surface area contributed by atoms with Gasteiger partial charge in [-0.3, -0.25) is 4.79 Å². The van der Waals surface area contributed by atoms with Gasteiger partial charge in [-0.2, -0.15) is 18.3 Å². The Bertz CT molecular complexity index is 984. The average molecular weight is 418 g/mol. The van der Waals surface area contributed by atoms with Crippen LogP contribution in [0, 0.1) is 0 Å². The number of alkyl halides is 3. The first kappa shape index (κ1) is 20.0. The van der Waals surface area contributed by atoms with Crippen LogP contribution >= 0.6 is 0 Å². The maximum absolute atomic E-state index is 13.7. The number of amides is 1. The Morgan fingerprint density at radius 1 is 1.27 bits per heavy atom. The van der Waals surface area contributed by atoms with Crippen molar-refractivity contribution < 1.29 is 18.0 Å². The van der Waals surface area contributed by atoms with Gasteiger partial charge >= 0.3 is 6.18 Å². The van der Waals surface area contributed by atoms with E-state index in [2.05, 4.69) is 20.7 Å². The molecule has 0 saturated heterocycles. The molecule has 2 aromatic heterocycles. The third-order valence-electron chi connectivity index (χ3n) is 5.12. The molecule has 0 radical (unpaired) electrons. The molecule has 0 fully saturated rings. The van der Waals surface area contributed by atoms with Gasteiger partial charge in [0.2, 0.25) is 0 Å². The number of hydrogen-bond donors (Lipinski definition) is 2. The number of hydrogen-bond acceptors (Lipinski definition) is 4. The molecule has 3 heterocycles. The van der Waals surface area contributed by atoms with Gasteiger partial charge in [-0.05, 0) is 12.0 Å². The van der Waals surface area contributed by atoms with Crippen molar-refractivity contribution in [1.29, 1.82) is 0 Å². The number of aromatic nitrogens is 4. The molecule has 0 bridgehead atoms. The Labute approximate surface area is 170 Å². The van der Waals surface area contributed by atoms with Crippen molar-refractivity contribution in [2.75, 3.05) is 11.9 Å². The van der Waals surface area contributed by atoms with Crippen molar-refractivity contribution in [3.63, 3.8) is 0 Å². The number of carbonyl (C=O) groups is 1. The molecule has 3 aromatic rings. The zero-order chi connectivity index (χ0) is 21.1. The van der Waals surface area contributed by atoms with Gasteiger partial charge in [0.25, 0.3) is 5.91 Å².